The van der Waals surface area contributed by atoms with Crippen LogP contribution >= 0.6 is 0 Å². The monoisotopic (exact) mass is 294 g/mol. The number of carbonyl (C=O) groups excluding carboxylic acids is 1. The zero-order valence-electron chi connectivity index (χ0n) is 12.4. The van der Waals surface area contributed by atoms with Gasteiger partial charge in [-0.2, -0.15) is 0 Å². The Kier molecular flexibility index (Phi) is 7.08. The second kappa shape index (κ2) is 8.84. The first kappa shape index (κ1) is 16.8. The van der Waals surface area contributed by atoms with Crippen LogP contribution in [0.2, 0.25) is 0 Å². The first-order valence-electron chi connectivity index (χ1n) is 6.96. The first-order valence-corrected chi connectivity index (χ1v) is 6.96. The molecule has 0 atom stereocenters. The Balaban J connectivity index is 2.25. The highest BCUT2D eigenvalue weighted by Crippen LogP contribution is 2.25. The molecule has 21 heavy (non-hydrogen) atoms. The van der Waals surface area contributed by atoms with Crippen LogP contribution in [0.3, 0.4) is 0 Å². The number of ether oxygens (including phenoxy) is 1. The van der Waals surface area contributed by atoms with E-state index in [9.17, 15) is 9.59 Å². The minimum Gasteiger partial charge on any atom is -0.491 e. The van der Waals surface area contributed by atoms with Crippen LogP contribution in [-0.2, 0) is 4.79 Å². The van der Waals surface area contributed by atoms with Crippen LogP contribution in [0.1, 0.15) is 31.7 Å². The van der Waals surface area contributed by atoms with Crippen molar-refractivity contribution in [3.05, 3.63) is 29.8 Å². The summed E-state index contributed by atoms with van der Waals surface area (Å²) < 4.78 is 5.65. The van der Waals surface area contributed by atoms with E-state index in [0.29, 0.717) is 19.1 Å². The number of carboxylic acids is 1. The Morgan fingerprint density at radius 3 is 2.52 bits per heavy atom. The second-order valence-corrected chi connectivity index (χ2v) is 4.87. The van der Waals surface area contributed by atoms with E-state index in [1.807, 2.05) is 24.3 Å². The van der Waals surface area contributed by atoms with Gasteiger partial charge in [0.25, 0.3) is 0 Å². The summed E-state index contributed by atoms with van der Waals surface area (Å²) in [5, 5.41) is 13.5. The van der Waals surface area contributed by atoms with Crippen LogP contribution in [0.15, 0.2) is 24.3 Å². The average molecular weight is 294 g/mol. The largest absolute Gasteiger partial charge is 0.491 e. The van der Waals surface area contributed by atoms with Gasteiger partial charge in [-0.25, -0.2) is 4.79 Å². The van der Waals surface area contributed by atoms with Crippen molar-refractivity contribution in [1.82, 2.24) is 10.6 Å². The van der Waals surface area contributed by atoms with Crippen molar-refractivity contribution in [3.8, 4) is 5.75 Å². The molecule has 0 saturated heterocycles. The highest BCUT2D eigenvalue weighted by atomic mass is 16.5. The summed E-state index contributed by atoms with van der Waals surface area (Å²) >= 11 is 0. The zero-order chi connectivity index (χ0) is 15.7. The summed E-state index contributed by atoms with van der Waals surface area (Å²) in [5.41, 5.74) is 1.13. The highest BCUT2D eigenvalue weighted by molar-refractivity contribution is 5.74. The summed E-state index contributed by atoms with van der Waals surface area (Å²) in [7, 11) is 0. The van der Waals surface area contributed by atoms with Gasteiger partial charge in [0.2, 0.25) is 0 Å². The second-order valence-electron chi connectivity index (χ2n) is 4.87. The number of nitrogens with one attached hydrogen (secondary N) is 2. The maximum absolute atomic E-state index is 11.3. The van der Waals surface area contributed by atoms with Crippen LogP contribution < -0.4 is 15.4 Å². The molecule has 1 aromatic carbocycles. The fourth-order valence-corrected chi connectivity index (χ4v) is 1.76. The summed E-state index contributed by atoms with van der Waals surface area (Å²) in [5.74, 6) is 0.248. The number of amides is 2. The van der Waals surface area contributed by atoms with Gasteiger partial charge in [0, 0.05) is 6.54 Å². The Labute approximate surface area is 124 Å². The van der Waals surface area contributed by atoms with Crippen molar-refractivity contribution >= 4 is 12.0 Å². The summed E-state index contributed by atoms with van der Waals surface area (Å²) in [6.07, 6.45) is -0.0916. The van der Waals surface area contributed by atoms with Crippen molar-refractivity contribution in [2.45, 2.75) is 26.2 Å². The molecule has 0 unspecified atom stereocenters. The van der Waals surface area contributed by atoms with Crippen molar-refractivity contribution < 1.29 is 19.4 Å². The summed E-state index contributed by atoms with van der Waals surface area (Å²) in [6, 6.07) is 7.41. The van der Waals surface area contributed by atoms with Crippen LogP contribution in [0.25, 0.3) is 0 Å². The molecule has 2 amide bonds. The Bertz CT molecular complexity index is 474. The Morgan fingerprint density at radius 2 is 1.86 bits per heavy atom. The molecule has 0 bridgehead atoms. The van der Waals surface area contributed by atoms with Crippen molar-refractivity contribution in [3.63, 3.8) is 0 Å². The molecule has 3 N–H and O–H groups in total. The highest BCUT2D eigenvalue weighted by Gasteiger charge is 2.07. The van der Waals surface area contributed by atoms with Crippen LogP contribution in [0.4, 0.5) is 4.79 Å². The molecule has 0 aliphatic rings. The van der Waals surface area contributed by atoms with Gasteiger partial charge in [-0.15, -0.1) is 0 Å². The predicted molar refractivity (Wildman–Crippen MR) is 79.7 cm³/mol. The third-order valence-electron chi connectivity index (χ3n) is 2.81. The lowest BCUT2D eigenvalue weighted by Gasteiger charge is -2.14. The number of carboxylic acid groups (broad SMARTS) is 1. The molecular formula is C15H22N2O4. The van der Waals surface area contributed by atoms with E-state index in [2.05, 4.69) is 24.5 Å². The maximum Gasteiger partial charge on any atom is 0.314 e. The van der Waals surface area contributed by atoms with Gasteiger partial charge in [0.1, 0.15) is 12.4 Å². The van der Waals surface area contributed by atoms with Crippen molar-refractivity contribution in [1.29, 1.82) is 0 Å². The molecule has 1 rings (SSSR count). The molecule has 0 aliphatic carbocycles. The maximum atomic E-state index is 11.3. The van der Waals surface area contributed by atoms with Gasteiger partial charge in [-0.1, -0.05) is 32.0 Å². The standard InChI is InChI=1S/C15H22N2O4/c1-11(2)12-5-3-4-6-13(12)21-10-9-17-15(20)16-8-7-14(18)19/h3-6,11H,7-10H2,1-2H3,(H,18,19)(H2,16,17,20). The third-order valence-corrected chi connectivity index (χ3v) is 2.81. The summed E-state index contributed by atoms with van der Waals surface area (Å²) in [4.78, 5) is 21.6. The lowest BCUT2D eigenvalue weighted by molar-refractivity contribution is -0.136. The molecule has 116 valence electrons. The van der Waals surface area contributed by atoms with E-state index < -0.39 is 12.0 Å². The number of aliphatic carboxylic acids is 1. The lowest BCUT2D eigenvalue weighted by atomic mass is 10.0. The third kappa shape index (κ3) is 6.65. The molecule has 0 saturated carbocycles. The average Bonchev–Trinajstić information content (AvgIpc) is 2.43. The molecule has 6 heteroatoms. The number of benzene rings is 1. The number of hydrogen-bond acceptors (Lipinski definition) is 3. The van der Waals surface area contributed by atoms with Gasteiger partial charge in [0.15, 0.2) is 0 Å². The van der Waals surface area contributed by atoms with Crippen molar-refractivity contribution in [2.24, 2.45) is 0 Å². The molecule has 0 fully saturated rings. The molecule has 0 radical (unpaired) electrons. The van der Waals surface area contributed by atoms with E-state index in [0.717, 1.165) is 11.3 Å². The minimum atomic E-state index is -0.941. The molecular weight excluding hydrogens is 272 g/mol. The normalized spacial score (nSPS) is 10.2. The number of hydrogen-bond donors (Lipinski definition) is 3. The number of carbonyl (C=O) groups is 2. The minimum absolute atomic E-state index is 0.0916. The van der Waals surface area contributed by atoms with Gasteiger partial charge in [0.05, 0.1) is 13.0 Å². The smallest absolute Gasteiger partial charge is 0.314 e. The van der Waals surface area contributed by atoms with E-state index in [4.69, 9.17) is 9.84 Å². The fraction of sp³-hybridized carbons (Fsp3) is 0.467. The van der Waals surface area contributed by atoms with E-state index >= 15 is 0 Å². The SMILES string of the molecule is CC(C)c1ccccc1OCCNC(=O)NCCC(=O)O. The van der Waals surface area contributed by atoms with Gasteiger partial charge >= 0.3 is 12.0 Å². The van der Waals surface area contributed by atoms with Gasteiger partial charge in [-0.05, 0) is 17.5 Å². The van der Waals surface area contributed by atoms with Crippen LogP contribution in [-0.4, -0.2) is 36.8 Å². The fourth-order valence-electron chi connectivity index (χ4n) is 1.76. The van der Waals surface area contributed by atoms with Crippen molar-refractivity contribution in [2.75, 3.05) is 19.7 Å². The topological polar surface area (TPSA) is 87.7 Å². The quantitative estimate of drug-likeness (QED) is 0.640. The number of urea groups is 1. The zero-order valence-corrected chi connectivity index (χ0v) is 12.4. The molecule has 0 heterocycles. The molecule has 0 aromatic heterocycles. The number of rotatable bonds is 8. The van der Waals surface area contributed by atoms with Crippen LogP contribution in [0.5, 0.6) is 5.75 Å². The lowest BCUT2D eigenvalue weighted by Crippen LogP contribution is -2.38. The molecule has 6 nitrogen and oxygen atoms in total. The Hall–Kier alpha value is -2.24. The van der Waals surface area contributed by atoms with Gasteiger partial charge in [-0.3, -0.25) is 4.79 Å². The molecule has 1 aromatic rings. The van der Waals surface area contributed by atoms with E-state index in [1.165, 1.54) is 0 Å². The predicted octanol–water partition coefficient (Wildman–Crippen LogP) is 1.96. The van der Waals surface area contributed by atoms with Gasteiger partial charge < -0.3 is 20.5 Å². The Morgan fingerprint density at radius 1 is 1.19 bits per heavy atom. The summed E-state index contributed by atoms with van der Waals surface area (Å²) in [6.45, 7) is 5.01. The first-order chi connectivity index (χ1) is 10.0. The van der Waals surface area contributed by atoms with E-state index in [-0.39, 0.29) is 13.0 Å². The number of para-hydroxylation sites is 1. The molecule has 0 aliphatic heterocycles. The molecule has 0 spiro atoms. The van der Waals surface area contributed by atoms with E-state index in [1.54, 1.807) is 0 Å². The van der Waals surface area contributed by atoms with Crippen LogP contribution in [0, 0.1) is 0 Å².